The molecule has 3 N–H and O–H groups in total. The quantitative estimate of drug-likeness (QED) is 0.534. The molecule has 94 valence electrons. The molecule has 0 aromatic carbocycles. The number of urea groups is 1. The molecule has 0 atom stereocenters. The largest absolute Gasteiger partial charge is 0.481 e. The monoisotopic (exact) mass is 232 g/mol. The van der Waals surface area contributed by atoms with Gasteiger partial charge in [-0.1, -0.05) is 0 Å². The lowest BCUT2D eigenvalue weighted by atomic mass is 10.4. The number of hydrogen-bond donors (Lipinski definition) is 3. The molecule has 0 spiro atoms. The Morgan fingerprint density at radius 1 is 1.25 bits per heavy atom. The summed E-state index contributed by atoms with van der Waals surface area (Å²) in [5.74, 6) is -0.925. The molecule has 0 aromatic rings. The van der Waals surface area contributed by atoms with Crippen LogP contribution < -0.4 is 10.6 Å². The van der Waals surface area contributed by atoms with Gasteiger partial charge < -0.3 is 20.5 Å². The third kappa shape index (κ3) is 10.8. The first-order chi connectivity index (χ1) is 7.52. The van der Waals surface area contributed by atoms with Crippen molar-refractivity contribution in [2.75, 3.05) is 19.7 Å². The molecule has 16 heavy (non-hydrogen) atoms. The summed E-state index contributed by atoms with van der Waals surface area (Å²) in [5, 5.41) is 13.4. The van der Waals surface area contributed by atoms with Crippen LogP contribution in [-0.4, -0.2) is 42.9 Å². The van der Waals surface area contributed by atoms with E-state index in [0.29, 0.717) is 13.2 Å². The maximum absolute atomic E-state index is 11.1. The number of nitrogens with one attached hydrogen (secondary N) is 2. The number of carbonyl (C=O) groups excluding carboxylic acids is 1. The molecule has 0 saturated heterocycles. The van der Waals surface area contributed by atoms with Crippen molar-refractivity contribution < 1.29 is 19.4 Å². The van der Waals surface area contributed by atoms with Gasteiger partial charge in [-0.05, 0) is 20.3 Å². The maximum Gasteiger partial charge on any atom is 0.314 e. The van der Waals surface area contributed by atoms with E-state index in [-0.39, 0.29) is 25.1 Å². The van der Waals surface area contributed by atoms with Gasteiger partial charge in [0.25, 0.3) is 0 Å². The molecule has 0 aliphatic carbocycles. The second-order valence-corrected chi connectivity index (χ2v) is 3.60. The Kier molecular flexibility index (Phi) is 8.24. The van der Waals surface area contributed by atoms with Crippen LogP contribution in [0.1, 0.15) is 26.7 Å². The Morgan fingerprint density at radius 3 is 2.44 bits per heavy atom. The predicted octanol–water partition coefficient (Wildman–Crippen LogP) is 0.575. The SMILES string of the molecule is CC(C)OCCCNC(=O)NCCC(=O)O. The summed E-state index contributed by atoms with van der Waals surface area (Å²) < 4.78 is 5.29. The lowest BCUT2D eigenvalue weighted by Gasteiger charge is -2.08. The van der Waals surface area contributed by atoms with Gasteiger partial charge in [0.15, 0.2) is 0 Å². The summed E-state index contributed by atoms with van der Waals surface area (Å²) in [5.41, 5.74) is 0. The van der Waals surface area contributed by atoms with E-state index >= 15 is 0 Å². The Hall–Kier alpha value is -1.30. The number of amides is 2. The number of ether oxygens (including phenoxy) is 1. The van der Waals surface area contributed by atoms with E-state index in [2.05, 4.69) is 10.6 Å². The summed E-state index contributed by atoms with van der Waals surface area (Å²) in [7, 11) is 0. The molecule has 0 aromatic heterocycles. The molecular weight excluding hydrogens is 212 g/mol. The molecule has 0 saturated carbocycles. The maximum atomic E-state index is 11.1. The second kappa shape index (κ2) is 8.96. The van der Waals surface area contributed by atoms with E-state index < -0.39 is 5.97 Å². The first-order valence-corrected chi connectivity index (χ1v) is 5.37. The van der Waals surface area contributed by atoms with Crippen molar-refractivity contribution in [3.8, 4) is 0 Å². The van der Waals surface area contributed by atoms with E-state index in [0.717, 1.165) is 6.42 Å². The lowest BCUT2D eigenvalue weighted by Crippen LogP contribution is -2.37. The molecule has 0 fully saturated rings. The Balaban J connectivity index is 3.27. The second-order valence-electron chi connectivity index (χ2n) is 3.60. The number of carboxylic acid groups (broad SMARTS) is 1. The summed E-state index contributed by atoms with van der Waals surface area (Å²) in [6.07, 6.45) is 0.874. The van der Waals surface area contributed by atoms with Crippen LogP contribution in [0.2, 0.25) is 0 Å². The molecule has 6 nitrogen and oxygen atoms in total. The predicted molar refractivity (Wildman–Crippen MR) is 59.4 cm³/mol. The van der Waals surface area contributed by atoms with Crippen molar-refractivity contribution in [2.24, 2.45) is 0 Å². The molecule has 0 rings (SSSR count). The third-order valence-electron chi connectivity index (χ3n) is 1.68. The Labute approximate surface area is 95.4 Å². The highest BCUT2D eigenvalue weighted by Crippen LogP contribution is 1.88. The summed E-state index contributed by atoms with van der Waals surface area (Å²) in [4.78, 5) is 21.2. The van der Waals surface area contributed by atoms with Crippen LogP contribution in [0.25, 0.3) is 0 Å². The van der Waals surface area contributed by atoms with Gasteiger partial charge in [-0.15, -0.1) is 0 Å². The molecular formula is C10H20N2O4. The summed E-state index contributed by atoms with van der Waals surface area (Å²) >= 11 is 0. The first kappa shape index (κ1) is 14.7. The van der Waals surface area contributed by atoms with Gasteiger partial charge in [-0.25, -0.2) is 4.79 Å². The van der Waals surface area contributed by atoms with Gasteiger partial charge in [0.2, 0.25) is 0 Å². The standard InChI is InChI=1S/C10H20N2O4/c1-8(2)16-7-3-5-11-10(15)12-6-4-9(13)14/h8H,3-7H2,1-2H3,(H,13,14)(H2,11,12,15). The minimum Gasteiger partial charge on any atom is -0.481 e. The van der Waals surface area contributed by atoms with E-state index in [9.17, 15) is 9.59 Å². The molecule has 0 aliphatic heterocycles. The van der Waals surface area contributed by atoms with Crippen molar-refractivity contribution in [2.45, 2.75) is 32.8 Å². The van der Waals surface area contributed by atoms with Gasteiger partial charge in [0.1, 0.15) is 0 Å². The van der Waals surface area contributed by atoms with E-state index in [1.54, 1.807) is 0 Å². The smallest absolute Gasteiger partial charge is 0.314 e. The van der Waals surface area contributed by atoms with Crippen LogP contribution in [0.3, 0.4) is 0 Å². The zero-order chi connectivity index (χ0) is 12.4. The van der Waals surface area contributed by atoms with Gasteiger partial charge in [0.05, 0.1) is 12.5 Å². The topological polar surface area (TPSA) is 87.7 Å². The summed E-state index contributed by atoms with van der Waals surface area (Å²) in [6, 6.07) is -0.342. The minimum absolute atomic E-state index is 0.0656. The van der Waals surface area contributed by atoms with Crippen LogP contribution in [0.5, 0.6) is 0 Å². The molecule has 6 heteroatoms. The fourth-order valence-corrected chi connectivity index (χ4v) is 0.939. The number of rotatable bonds is 8. The average molecular weight is 232 g/mol. The van der Waals surface area contributed by atoms with E-state index in [1.807, 2.05) is 13.8 Å². The Bertz CT molecular complexity index is 219. The highest BCUT2D eigenvalue weighted by molar-refractivity contribution is 5.74. The van der Waals surface area contributed by atoms with Crippen molar-refractivity contribution in [1.29, 1.82) is 0 Å². The van der Waals surface area contributed by atoms with Gasteiger partial charge >= 0.3 is 12.0 Å². The zero-order valence-electron chi connectivity index (χ0n) is 9.78. The van der Waals surface area contributed by atoms with Crippen molar-refractivity contribution in [1.82, 2.24) is 10.6 Å². The molecule has 0 radical (unpaired) electrons. The van der Waals surface area contributed by atoms with E-state index in [4.69, 9.17) is 9.84 Å². The van der Waals surface area contributed by atoms with Gasteiger partial charge in [-0.3, -0.25) is 4.79 Å². The zero-order valence-corrected chi connectivity index (χ0v) is 9.78. The van der Waals surface area contributed by atoms with Crippen molar-refractivity contribution >= 4 is 12.0 Å². The number of carbonyl (C=O) groups is 2. The minimum atomic E-state index is -0.925. The fourth-order valence-electron chi connectivity index (χ4n) is 0.939. The average Bonchev–Trinajstić information content (AvgIpc) is 2.16. The molecule has 0 bridgehead atoms. The first-order valence-electron chi connectivity index (χ1n) is 5.37. The Morgan fingerprint density at radius 2 is 1.88 bits per heavy atom. The molecule has 0 heterocycles. The van der Waals surface area contributed by atoms with Crippen LogP contribution in [-0.2, 0) is 9.53 Å². The van der Waals surface area contributed by atoms with Gasteiger partial charge in [-0.2, -0.15) is 0 Å². The van der Waals surface area contributed by atoms with Crippen LogP contribution >= 0.6 is 0 Å². The molecule has 2 amide bonds. The number of aliphatic carboxylic acids is 1. The van der Waals surface area contributed by atoms with Crippen LogP contribution in [0.4, 0.5) is 4.79 Å². The number of carboxylic acids is 1. The molecule has 0 unspecified atom stereocenters. The van der Waals surface area contributed by atoms with Crippen molar-refractivity contribution in [3.05, 3.63) is 0 Å². The van der Waals surface area contributed by atoms with Crippen LogP contribution in [0.15, 0.2) is 0 Å². The van der Waals surface area contributed by atoms with Gasteiger partial charge in [0, 0.05) is 19.7 Å². The van der Waals surface area contributed by atoms with Crippen LogP contribution in [0, 0.1) is 0 Å². The summed E-state index contributed by atoms with van der Waals surface area (Å²) in [6.45, 7) is 5.17. The fraction of sp³-hybridized carbons (Fsp3) is 0.800. The number of hydrogen-bond acceptors (Lipinski definition) is 3. The van der Waals surface area contributed by atoms with E-state index in [1.165, 1.54) is 0 Å². The highest BCUT2D eigenvalue weighted by atomic mass is 16.5. The lowest BCUT2D eigenvalue weighted by molar-refractivity contribution is -0.136. The third-order valence-corrected chi connectivity index (χ3v) is 1.68. The molecule has 0 aliphatic rings. The normalized spacial score (nSPS) is 10.2. The van der Waals surface area contributed by atoms with Crippen molar-refractivity contribution in [3.63, 3.8) is 0 Å². The highest BCUT2D eigenvalue weighted by Gasteiger charge is 2.01.